The van der Waals surface area contributed by atoms with Crippen molar-refractivity contribution in [3.05, 3.63) is 52.8 Å². The van der Waals surface area contributed by atoms with Gasteiger partial charge in [0.25, 0.3) is 0 Å². The van der Waals surface area contributed by atoms with Crippen molar-refractivity contribution < 1.29 is 4.74 Å². The fourth-order valence-corrected chi connectivity index (χ4v) is 4.86. The molecule has 0 aliphatic carbocycles. The number of nitrogens with zero attached hydrogens (tertiary/aromatic N) is 7. The van der Waals surface area contributed by atoms with Crippen molar-refractivity contribution in [2.24, 2.45) is 7.05 Å². The second kappa shape index (κ2) is 8.65. The van der Waals surface area contributed by atoms with Crippen LogP contribution < -0.4 is 10.2 Å². The van der Waals surface area contributed by atoms with Crippen LogP contribution in [0.5, 0.6) is 0 Å². The van der Waals surface area contributed by atoms with Gasteiger partial charge in [0.05, 0.1) is 64.1 Å². The predicted molar refractivity (Wildman–Crippen MR) is 141 cm³/mol. The minimum absolute atomic E-state index is 0.263. The van der Waals surface area contributed by atoms with Crippen LogP contribution in [0.1, 0.15) is 19.7 Å². The van der Waals surface area contributed by atoms with Gasteiger partial charge >= 0.3 is 0 Å². The molecule has 6 rings (SSSR count). The van der Waals surface area contributed by atoms with E-state index in [1.165, 1.54) is 0 Å². The van der Waals surface area contributed by atoms with E-state index in [4.69, 9.17) is 32.9 Å². The molecule has 12 heteroatoms. The van der Waals surface area contributed by atoms with E-state index in [-0.39, 0.29) is 5.60 Å². The second-order valence-corrected chi connectivity index (χ2v) is 10.4. The Balaban J connectivity index is 1.39. The third-order valence-corrected chi connectivity index (χ3v) is 6.95. The minimum atomic E-state index is -0.263. The molecule has 4 aromatic heterocycles. The molecule has 0 saturated carbocycles. The normalized spacial score (nSPS) is 15.8. The van der Waals surface area contributed by atoms with Crippen LogP contribution in [0, 0.1) is 0 Å². The van der Waals surface area contributed by atoms with Crippen molar-refractivity contribution in [2.45, 2.75) is 26.0 Å². The highest BCUT2D eigenvalue weighted by atomic mass is 35.5. The average Bonchev–Trinajstić information content (AvgIpc) is 3.55. The van der Waals surface area contributed by atoms with Crippen LogP contribution in [0.15, 0.2) is 36.9 Å². The molecule has 36 heavy (non-hydrogen) atoms. The summed E-state index contributed by atoms with van der Waals surface area (Å²) < 4.78 is 9.76. The Bertz CT molecular complexity index is 1550. The molecule has 1 aliphatic rings. The Morgan fingerprint density at radius 2 is 1.97 bits per heavy atom. The van der Waals surface area contributed by atoms with Crippen molar-refractivity contribution in [3.63, 3.8) is 0 Å². The van der Waals surface area contributed by atoms with Crippen LogP contribution in [-0.4, -0.2) is 59.4 Å². The molecular weight excluding hydrogens is 501 g/mol. The molecule has 1 fully saturated rings. The van der Waals surface area contributed by atoms with Crippen LogP contribution in [0.25, 0.3) is 27.9 Å². The number of hydrogen-bond donors (Lipinski definition) is 2. The Kier molecular flexibility index (Phi) is 5.55. The lowest BCUT2D eigenvalue weighted by Gasteiger charge is -2.38. The molecule has 186 valence electrons. The predicted octanol–water partition coefficient (Wildman–Crippen LogP) is 4.54. The molecule has 0 amide bonds. The topological polar surface area (TPSA) is 101 Å². The number of aryl methyl sites for hydroxylation is 1. The molecule has 1 aromatic carbocycles. The molecule has 0 atom stereocenters. The standard InChI is InChI=1S/C24H25Cl2N9O/c1-24(2)13-34(4-5-36-24)21-12-35-19(14-8-29-33(3)11-14)9-28-23(35)22(32-21)27-10-20-30-17-6-15(25)16(26)7-18(17)31-20/h6-9,11-12H,4-5,10,13H2,1-3H3,(H,27,32)(H,30,31). The number of H-pyrrole nitrogens is 1. The first-order valence-corrected chi connectivity index (χ1v) is 12.3. The lowest BCUT2D eigenvalue weighted by molar-refractivity contribution is -0.0279. The first kappa shape index (κ1) is 23.1. The third-order valence-electron chi connectivity index (χ3n) is 6.23. The molecule has 1 aliphatic heterocycles. The van der Waals surface area contributed by atoms with E-state index in [9.17, 15) is 0 Å². The highest BCUT2D eigenvalue weighted by Gasteiger charge is 2.29. The second-order valence-electron chi connectivity index (χ2n) is 9.54. The monoisotopic (exact) mass is 525 g/mol. The van der Waals surface area contributed by atoms with Crippen LogP contribution >= 0.6 is 23.2 Å². The van der Waals surface area contributed by atoms with Crippen molar-refractivity contribution >= 4 is 51.5 Å². The number of hydrogen-bond acceptors (Lipinski definition) is 7. The highest BCUT2D eigenvalue weighted by molar-refractivity contribution is 6.42. The highest BCUT2D eigenvalue weighted by Crippen LogP contribution is 2.30. The first-order valence-electron chi connectivity index (χ1n) is 11.6. The summed E-state index contributed by atoms with van der Waals surface area (Å²) in [6.45, 7) is 6.72. The quantitative estimate of drug-likeness (QED) is 0.347. The zero-order valence-corrected chi connectivity index (χ0v) is 21.6. The molecule has 2 N–H and O–H groups in total. The summed E-state index contributed by atoms with van der Waals surface area (Å²) in [5.41, 5.74) is 3.94. The van der Waals surface area contributed by atoms with E-state index in [1.54, 1.807) is 16.8 Å². The maximum absolute atomic E-state index is 6.16. The Morgan fingerprint density at radius 3 is 2.75 bits per heavy atom. The van der Waals surface area contributed by atoms with Gasteiger partial charge in [0.2, 0.25) is 0 Å². The van der Waals surface area contributed by atoms with Gasteiger partial charge in [-0.2, -0.15) is 5.10 Å². The number of ether oxygens (including phenoxy) is 1. The molecule has 5 heterocycles. The number of anilines is 2. The fraction of sp³-hybridized carbons (Fsp3) is 0.333. The maximum atomic E-state index is 6.16. The Morgan fingerprint density at radius 1 is 1.14 bits per heavy atom. The lowest BCUT2D eigenvalue weighted by Crippen LogP contribution is -2.48. The number of halogens is 2. The summed E-state index contributed by atoms with van der Waals surface area (Å²) in [7, 11) is 1.90. The SMILES string of the molecule is Cn1cc(-c2cnc3c(NCc4nc5cc(Cl)c(Cl)cc5[nH]4)nc(N4CCOC(C)(C)C4)cn23)cn1. The van der Waals surface area contributed by atoms with Crippen molar-refractivity contribution in [2.75, 3.05) is 29.9 Å². The number of aromatic nitrogens is 7. The van der Waals surface area contributed by atoms with Crippen LogP contribution in [0.4, 0.5) is 11.6 Å². The largest absolute Gasteiger partial charge is 0.372 e. The number of rotatable bonds is 5. The molecule has 0 unspecified atom stereocenters. The summed E-state index contributed by atoms with van der Waals surface area (Å²) in [5, 5.41) is 8.72. The fourth-order valence-electron chi connectivity index (χ4n) is 4.53. The molecule has 0 radical (unpaired) electrons. The van der Waals surface area contributed by atoms with Gasteiger partial charge in [-0.05, 0) is 26.0 Å². The number of morpholine rings is 1. The molecule has 5 aromatic rings. The van der Waals surface area contributed by atoms with E-state index in [0.29, 0.717) is 34.7 Å². The summed E-state index contributed by atoms with van der Waals surface area (Å²) in [6, 6.07) is 3.53. The summed E-state index contributed by atoms with van der Waals surface area (Å²) in [4.78, 5) is 19.8. The summed E-state index contributed by atoms with van der Waals surface area (Å²) in [5.74, 6) is 2.23. The van der Waals surface area contributed by atoms with Crippen molar-refractivity contribution in [3.8, 4) is 11.3 Å². The first-order chi connectivity index (χ1) is 17.3. The Hall–Kier alpha value is -3.34. The zero-order chi connectivity index (χ0) is 25.0. The smallest absolute Gasteiger partial charge is 0.180 e. The third kappa shape index (κ3) is 4.25. The van der Waals surface area contributed by atoms with Gasteiger partial charge in [-0.15, -0.1) is 0 Å². The number of nitrogens with one attached hydrogen (secondary N) is 2. The summed E-state index contributed by atoms with van der Waals surface area (Å²) in [6.07, 6.45) is 7.68. The van der Waals surface area contributed by atoms with Crippen molar-refractivity contribution in [1.29, 1.82) is 0 Å². The van der Waals surface area contributed by atoms with Gasteiger partial charge in [0, 0.05) is 31.9 Å². The molecule has 0 bridgehead atoms. The number of benzene rings is 1. The van der Waals surface area contributed by atoms with Gasteiger partial charge in [0.15, 0.2) is 11.5 Å². The van der Waals surface area contributed by atoms with E-state index in [2.05, 4.69) is 48.5 Å². The van der Waals surface area contributed by atoms with Gasteiger partial charge in [0.1, 0.15) is 11.6 Å². The molecule has 0 spiro atoms. The summed E-state index contributed by atoms with van der Waals surface area (Å²) >= 11 is 12.3. The lowest BCUT2D eigenvalue weighted by atomic mass is 10.1. The van der Waals surface area contributed by atoms with Gasteiger partial charge in [-0.25, -0.2) is 15.0 Å². The maximum Gasteiger partial charge on any atom is 0.180 e. The van der Waals surface area contributed by atoms with Crippen LogP contribution in [0.2, 0.25) is 10.0 Å². The van der Waals surface area contributed by atoms with E-state index < -0.39 is 0 Å². The van der Waals surface area contributed by atoms with Crippen LogP contribution in [-0.2, 0) is 18.3 Å². The molecular formula is C24H25Cl2N9O. The Labute approximate surface area is 217 Å². The van der Waals surface area contributed by atoms with E-state index in [0.717, 1.165) is 47.0 Å². The molecule has 10 nitrogen and oxygen atoms in total. The zero-order valence-electron chi connectivity index (χ0n) is 20.1. The number of aromatic amines is 1. The van der Waals surface area contributed by atoms with Crippen LogP contribution in [0.3, 0.4) is 0 Å². The average molecular weight is 526 g/mol. The van der Waals surface area contributed by atoms with Crippen molar-refractivity contribution in [1.82, 2.24) is 34.1 Å². The van der Waals surface area contributed by atoms with Gasteiger partial charge < -0.3 is 19.9 Å². The van der Waals surface area contributed by atoms with Gasteiger partial charge in [-0.3, -0.25) is 9.08 Å². The number of fused-ring (bicyclic) bond motifs is 2. The van der Waals surface area contributed by atoms with Gasteiger partial charge in [-0.1, -0.05) is 23.2 Å². The minimum Gasteiger partial charge on any atom is -0.372 e. The van der Waals surface area contributed by atoms with E-state index in [1.807, 2.05) is 31.8 Å². The molecule has 1 saturated heterocycles. The number of imidazole rings is 2. The van der Waals surface area contributed by atoms with E-state index >= 15 is 0 Å².